The second-order valence-corrected chi connectivity index (χ2v) is 6.46. The van der Waals surface area contributed by atoms with Crippen molar-refractivity contribution in [1.82, 2.24) is 5.32 Å². The van der Waals surface area contributed by atoms with Crippen LogP contribution in [-0.4, -0.2) is 24.0 Å². The van der Waals surface area contributed by atoms with Gasteiger partial charge in [-0.2, -0.15) is 0 Å². The molecule has 1 aromatic carbocycles. The lowest BCUT2D eigenvalue weighted by Gasteiger charge is -2.38. The van der Waals surface area contributed by atoms with Gasteiger partial charge in [0.1, 0.15) is 0 Å². The molecular weight excluding hydrogens is 358 g/mol. The summed E-state index contributed by atoms with van der Waals surface area (Å²) in [5.74, 6) is -0.336. The minimum Gasteiger partial charge on any atom is -0.348 e. The third kappa shape index (κ3) is 3.79. The Hall–Kier alpha value is -1.72. The first-order valence-electron chi connectivity index (χ1n) is 7.52. The van der Waals surface area contributed by atoms with E-state index in [-0.39, 0.29) is 11.7 Å². The molecule has 0 aliphatic heterocycles. The number of ketones is 1. The van der Waals surface area contributed by atoms with E-state index in [0.29, 0.717) is 23.3 Å². The lowest BCUT2D eigenvalue weighted by molar-refractivity contribution is -0.111. The van der Waals surface area contributed by atoms with Crippen molar-refractivity contribution in [2.24, 2.45) is 0 Å². The zero-order valence-electron chi connectivity index (χ0n) is 13.5. The van der Waals surface area contributed by atoms with Crippen LogP contribution < -0.4 is 5.32 Å². The first-order chi connectivity index (χ1) is 10.9. The molecule has 0 bridgehead atoms. The summed E-state index contributed by atoms with van der Waals surface area (Å²) in [5.41, 5.74) is 0.835. The van der Waals surface area contributed by atoms with Gasteiger partial charge in [-0.05, 0) is 67.8 Å². The summed E-state index contributed by atoms with van der Waals surface area (Å²) in [6.45, 7) is 6.07. The molecule has 4 nitrogen and oxygen atoms in total. The first kappa shape index (κ1) is 17.6. The monoisotopic (exact) mass is 377 g/mol. The van der Waals surface area contributed by atoms with Crippen molar-refractivity contribution in [3.8, 4) is 0 Å². The quantitative estimate of drug-likeness (QED) is 0.794. The van der Waals surface area contributed by atoms with Gasteiger partial charge in [-0.25, -0.2) is 0 Å². The molecule has 0 saturated heterocycles. The minimum atomic E-state index is -1.06. The normalized spacial score (nSPS) is 16.6. The van der Waals surface area contributed by atoms with Crippen LogP contribution in [0.1, 0.15) is 37.6 Å². The molecule has 2 rings (SSSR count). The molecule has 122 valence electrons. The van der Waals surface area contributed by atoms with Gasteiger partial charge >= 0.3 is 0 Å². The largest absolute Gasteiger partial charge is 0.348 e. The number of allylic oxidation sites excluding steroid dienone is 2. The van der Waals surface area contributed by atoms with Gasteiger partial charge in [0, 0.05) is 16.6 Å². The maximum atomic E-state index is 12.6. The third-order valence-corrected chi connectivity index (χ3v) is 4.28. The van der Waals surface area contributed by atoms with E-state index in [0.717, 1.165) is 10.9 Å². The number of ether oxygens (including phenoxy) is 1. The molecule has 5 heteroatoms. The van der Waals surface area contributed by atoms with Gasteiger partial charge in [0.15, 0.2) is 11.5 Å². The second kappa shape index (κ2) is 7.23. The van der Waals surface area contributed by atoms with Crippen molar-refractivity contribution in [2.45, 2.75) is 32.9 Å². The van der Waals surface area contributed by atoms with Gasteiger partial charge in [-0.15, -0.1) is 0 Å². The molecular formula is C18H20BrNO3. The maximum absolute atomic E-state index is 12.6. The summed E-state index contributed by atoms with van der Waals surface area (Å²) < 4.78 is 6.88. The highest BCUT2D eigenvalue weighted by Gasteiger charge is 2.39. The Labute approximate surface area is 144 Å². The number of hydrogen-bond donors (Lipinski definition) is 1. The van der Waals surface area contributed by atoms with Gasteiger partial charge < -0.3 is 10.1 Å². The van der Waals surface area contributed by atoms with Crippen molar-refractivity contribution in [3.63, 3.8) is 0 Å². The Kier molecular flexibility index (Phi) is 5.55. The van der Waals surface area contributed by atoms with E-state index in [1.165, 1.54) is 12.2 Å². The van der Waals surface area contributed by atoms with Crippen molar-refractivity contribution in [1.29, 1.82) is 0 Å². The van der Waals surface area contributed by atoms with Crippen LogP contribution >= 0.6 is 15.9 Å². The number of carbonyl (C=O) groups is 2. The molecule has 1 amide bonds. The Bertz CT molecular complexity index is 652. The maximum Gasteiger partial charge on any atom is 0.253 e. The lowest BCUT2D eigenvalue weighted by atomic mass is 9.89. The van der Waals surface area contributed by atoms with E-state index in [4.69, 9.17) is 4.74 Å². The lowest BCUT2D eigenvalue weighted by Crippen LogP contribution is -2.54. The Morgan fingerprint density at radius 3 is 2.26 bits per heavy atom. The molecule has 1 aromatic rings. The van der Waals surface area contributed by atoms with Crippen LogP contribution in [0, 0.1) is 0 Å². The van der Waals surface area contributed by atoms with E-state index < -0.39 is 5.72 Å². The Morgan fingerprint density at radius 1 is 1.17 bits per heavy atom. The van der Waals surface area contributed by atoms with Crippen molar-refractivity contribution in [3.05, 3.63) is 57.6 Å². The molecule has 1 aliphatic carbocycles. The zero-order valence-corrected chi connectivity index (χ0v) is 15.1. The van der Waals surface area contributed by atoms with Gasteiger partial charge in [0.2, 0.25) is 0 Å². The van der Waals surface area contributed by atoms with Gasteiger partial charge in [-0.3, -0.25) is 9.59 Å². The zero-order chi connectivity index (χ0) is 17.0. The number of rotatable bonds is 5. The van der Waals surface area contributed by atoms with Crippen LogP contribution in [0.5, 0.6) is 0 Å². The SMILES string of the molecule is CCCOC1(NC(=O)c2ccc(Br)cc2)C(C)=CC(=O)C=C1C. The van der Waals surface area contributed by atoms with Gasteiger partial charge in [0.05, 0.1) is 0 Å². The predicted octanol–water partition coefficient (Wildman–Crippen LogP) is 3.78. The highest BCUT2D eigenvalue weighted by molar-refractivity contribution is 9.10. The molecule has 0 atom stereocenters. The van der Waals surface area contributed by atoms with Crippen LogP contribution in [0.15, 0.2) is 52.0 Å². The second-order valence-electron chi connectivity index (χ2n) is 5.55. The van der Waals surface area contributed by atoms with E-state index in [1.807, 2.05) is 19.1 Å². The molecule has 0 fully saturated rings. The van der Waals surface area contributed by atoms with Crippen LogP contribution in [0.2, 0.25) is 0 Å². The molecule has 1 N–H and O–H groups in total. The summed E-state index contributed by atoms with van der Waals surface area (Å²) in [5, 5.41) is 2.96. The van der Waals surface area contributed by atoms with Gasteiger partial charge in [0.25, 0.3) is 5.91 Å². The predicted molar refractivity (Wildman–Crippen MR) is 93.1 cm³/mol. The number of nitrogens with one attached hydrogen (secondary N) is 1. The number of carbonyl (C=O) groups excluding carboxylic acids is 2. The smallest absolute Gasteiger partial charge is 0.253 e. The van der Waals surface area contributed by atoms with Crippen molar-refractivity contribution >= 4 is 27.6 Å². The number of halogens is 1. The molecule has 0 aromatic heterocycles. The Balaban J connectivity index is 2.34. The average molecular weight is 378 g/mol. The topological polar surface area (TPSA) is 55.4 Å². The van der Waals surface area contributed by atoms with Crippen LogP contribution in [-0.2, 0) is 9.53 Å². The highest BCUT2D eigenvalue weighted by Crippen LogP contribution is 2.31. The molecule has 23 heavy (non-hydrogen) atoms. The van der Waals surface area contributed by atoms with Crippen molar-refractivity contribution in [2.75, 3.05) is 6.61 Å². The molecule has 0 radical (unpaired) electrons. The first-order valence-corrected chi connectivity index (χ1v) is 8.32. The summed E-state index contributed by atoms with van der Waals surface area (Å²) >= 11 is 3.35. The molecule has 0 heterocycles. The summed E-state index contributed by atoms with van der Waals surface area (Å²) in [7, 11) is 0. The number of hydrogen-bond acceptors (Lipinski definition) is 3. The van der Waals surface area contributed by atoms with Crippen molar-refractivity contribution < 1.29 is 14.3 Å². The summed E-state index contributed by atoms with van der Waals surface area (Å²) in [4.78, 5) is 24.3. The van der Waals surface area contributed by atoms with E-state index >= 15 is 0 Å². The fourth-order valence-corrected chi connectivity index (χ4v) is 2.80. The number of amides is 1. The highest BCUT2D eigenvalue weighted by atomic mass is 79.9. The third-order valence-electron chi connectivity index (χ3n) is 3.75. The minimum absolute atomic E-state index is 0.0892. The molecule has 1 aliphatic rings. The standard InChI is InChI=1S/C18H20BrNO3/c1-4-9-23-18(12(2)10-16(21)11-13(18)3)20-17(22)14-5-7-15(19)8-6-14/h5-8,10-11H,4,9H2,1-3H3,(H,20,22). The summed E-state index contributed by atoms with van der Waals surface area (Å²) in [6, 6.07) is 7.09. The van der Waals surface area contributed by atoms with Gasteiger partial charge in [-0.1, -0.05) is 22.9 Å². The van der Waals surface area contributed by atoms with Crippen LogP contribution in [0.3, 0.4) is 0 Å². The molecule has 0 spiro atoms. The fraction of sp³-hybridized carbons (Fsp3) is 0.333. The van der Waals surface area contributed by atoms with Crippen LogP contribution in [0.25, 0.3) is 0 Å². The molecule has 0 saturated carbocycles. The van der Waals surface area contributed by atoms with E-state index in [2.05, 4.69) is 21.2 Å². The average Bonchev–Trinajstić information content (AvgIpc) is 2.50. The fourth-order valence-electron chi connectivity index (χ4n) is 2.53. The molecule has 0 unspecified atom stereocenters. The summed E-state index contributed by atoms with van der Waals surface area (Å²) in [6.07, 6.45) is 3.82. The Morgan fingerprint density at radius 2 is 1.74 bits per heavy atom. The van der Waals surface area contributed by atoms with E-state index in [9.17, 15) is 9.59 Å². The van der Waals surface area contributed by atoms with Crippen LogP contribution in [0.4, 0.5) is 0 Å². The number of benzene rings is 1. The van der Waals surface area contributed by atoms with E-state index in [1.54, 1.807) is 26.0 Å².